The van der Waals surface area contributed by atoms with Crippen molar-refractivity contribution in [1.29, 1.82) is 0 Å². The molecule has 2 rings (SSSR count). The number of urea groups is 1. The Bertz CT molecular complexity index is 698. The molecule has 23 heavy (non-hydrogen) atoms. The first kappa shape index (κ1) is 16.7. The lowest BCUT2D eigenvalue weighted by molar-refractivity contribution is -0.137. The van der Waals surface area contributed by atoms with Crippen LogP contribution in [-0.4, -0.2) is 6.03 Å². The van der Waals surface area contributed by atoms with Gasteiger partial charge in [0, 0.05) is 12.6 Å². The Morgan fingerprint density at radius 2 is 1.65 bits per heavy atom. The summed E-state index contributed by atoms with van der Waals surface area (Å²) in [5.74, 6) is -1.71. The number of carbonyl (C=O) groups is 1. The zero-order valence-electron chi connectivity index (χ0n) is 11.5. The van der Waals surface area contributed by atoms with E-state index in [1.54, 1.807) is 0 Å². The number of carbonyl (C=O) groups excluding carboxylic acids is 1. The molecule has 0 unspecified atom stereocenters. The molecule has 0 atom stereocenters. The van der Waals surface area contributed by atoms with Gasteiger partial charge in [-0.05, 0) is 29.8 Å². The van der Waals surface area contributed by atoms with Gasteiger partial charge in [0.1, 0.15) is 11.6 Å². The Labute approximate surface area is 128 Å². The van der Waals surface area contributed by atoms with E-state index in [1.165, 1.54) is 12.1 Å². The number of anilines is 1. The molecule has 2 amide bonds. The first-order valence-corrected chi connectivity index (χ1v) is 6.42. The summed E-state index contributed by atoms with van der Waals surface area (Å²) in [6.07, 6.45) is -4.43. The molecule has 0 fully saturated rings. The molecule has 2 aromatic carbocycles. The number of halogens is 5. The van der Waals surface area contributed by atoms with Gasteiger partial charge in [0.15, 0.2) is 0 Å². The van der Waals surface area contributed by atoms with Crippen molar-refractivity contribution in [2.24, 2.45) is 0 Å². The fourth-order valence-corrected chi connectivity index (χ4v) is 1.75. The highest BCUT2D eigenvalue weighted by Crippen LogP contribution is 2.29. The lowest BCUT2D eigenvalue weighted by Crippen LogP contribution is -2.28. The molecule has 0 spiro atoms. The summed E-state index contributed by atoms with van der Waals surface area (Å²) in [5, 5.41) is 4.53. The van der Waals surface area contributed by atoms with Crippen LogP contribution in [0.25, 0.3) is 0 Å². The molecule has 0 saturated carbocycles. The molecule has 2 aromatic rings. The van der Waals surface area contributed by atoms with Crippen molar-refractivity contribution >= 4 is 11.7 Å². The molecule has 0 aliphatic carbocycles. The second kappa shape index (κ2) is 6.64. The Morgan fingerprint density at radius 3 is 2.22 bits per heavy atom. The van der Waals surface area contributed by atoms with E-state index in [1.807, 2.05) is 0 Å². The van der Waals surface area contributed by atoms with Gasteiger partial charge in [0.25, 0.3) is 0 Å². The van der Waals surface area contributed by atoms with Crippen LogP contribution in [-0.2, 0) is 12.7 Å². The third-order valence-electron chi connectivity index (χ3n) is 2.91. The normalized spacial score (nSPS) is 11.2. The topological polar surface area (TPSA) is 41.1 Å². The third-order valence-corrected chi connectivity index (χ3v) is 2.91. The molecular formula is C15H11F5N2O. The molecule has 0 bridgehead atoms. The number of hydrogen-bond acceptors (Lipinski definition) is 1. The van der Waals surface area contributed by atoms with Crippen LogP contribution in [0, 0.1) is 11.6 Å². The number of amides is 2. The largest absolute Gasteiger partial charge is 0.416 e. The molecule has 2 N–H and O–H groups in total. The standard InChI is InChI=1S/C15H11F5N2O/c16-11-5-6-13(12(17)7-11)22-14(23)21-8-9-1-3-10(4-2-9)15(18,19)20/h1-7H,8H2,(H2,21,22,23). The summed E-state index contributed by atoms with van der Waals surface area (Å²) in [6, 6.07) is 6.13. The minimum absolute atomic E-state index is 0.0488. The molecule has 0 aromatic heterocycles. The zero-order chi connectivity index (χ0) is 17.0. The number of benzene rings is 2. The highest BCUT2D eigenvalue weighted by molar-refractivity contribution is 5.89. The van der Waals surface area contributed by atoms with Crippen molar-refractivity contribution in [2.45, 2.75) is 12.7 Å². The van der Waals surface area contributed by atoms with Gasteiger partial charge in [0.2, 0.25) is 0 Å². The van der Waals surface area contributed by atoms with E-state index in [0.29, 0.717) is 11.6 Å². The van der Waals surface area contributed by atoms with Gasteiger partial charge in [0.05, 0.1) is 11.3 Å². The van der Waals surface area contributed by atoms with Crippen LogP contribution in [0.4, 0.5) is 32.4 Å². The Balaban J connectivity index is 1.91. The Kier molecular flexibility index (Phi) is 4.83. The third kappa shape index (κ3) is 4.67. The fourth-order valence-electron chi connectivity index (χ4n) is 1.75. The van der Waals surface area contributed by atoms with Gasteiger partial charge in [-0.2, -0.15) is 13.2 Å². The van der Waals surface area contributed by atoms with Crippen molar-refractivity contribution in [3.8, 4) is 0 Å². The van der Waals surface area contributed by atoms with E-state index in [0.717, 1.165) is 24.3 Å². The summed E-state index contributed by atoms with van der Waals surface area (Å²) in [7, 11) is 0. The van der Waals surface area contributed by atoms with E-state index in [2.05, 4.69) is 10.6 Å². The van der Waals surface area contributed by atoms with Gasteiger partial charge in [-0.25, -0.2) is 13.6 Å². The SMILES string of the molecule is O=C(NCc1ccc(C(F)(F)F)cc1)Nc1ccc(F)cc1F. The maximum absolute atomic E-state index is 13.3. The van der Waals surface area contributed by atoms with Gasteiger partial charge in [-0.1, -0.05) is 12.1 Å². The second-order valence-electron chi connectivity index (χ2n) is 4.63. The van der Waals surface area contributed by atoms with Gasteiger partial charge in [-0.3, -0.25) is 0 Å². The van der Waals surface area contributed by atoms with Crippen LogP contribution in [0.1, 0.15) is 11.1 Å². The quantitative estimate of drug-likeness (QED) is 0.809. The molecule has 0 aliphatic heterocycles. The predicted octanol–water partition coefficient (Wildman–Crippen LogP) is 4.31. The van der Waals surface area contributed by atoms with Gasteiger partial charge >= 0.3 is 12.2 Å². The highest BCUT2D eigenvalue weighted by Gasteiger charge is 2.29. The van der Waals surface area contributed by atoms with Crippen LogP contribution in [0.3, 0.4) is 0 Å². The monoisotopic (exact) mass is 330 g/mol. The molecule has 122 valence electrons. The average molecular weight is 330 g/mol. The van der Waals surface area contributed by atoms with Crippen LogP contribution in [0.2, 0.25) is 0 Å². The van der Waals surface area contributed by atoms with Crippen LogP contribution in [0.15, 0.2) is 42.5 Å². The summed E-state index contributed by atoms with van der Waals surface area (Å²) < 4.78 is 63.3. The van der Waals surface area contributed by atoms with E-state index in [4.69, 9.17) is 0 Å². The maximum Gasteiger partial charge on any atom is 0.416 e. The maximum atomic E-state index is 13.3. The van der Waals surface area contributed by atoms with Gasteiger partial charge < -0.3 is 10.6 Å². The van der Waals surface area contributed by atoms with E-state index in [-0.39, 0.29) is 12.2 Å². The van der Waals surface area contributed by atoms with Crippen molar-refractivity contribution in [3.63, 3.8) is 0 Å². The van der Waals surface area contributed by atoms with Crippen molar-refractivity contribution in [1.82, 2.24) is 5.32 Å². The summed E-state index contributed by atoms with van der Waals surface area (Å²) in [6.45, 7) is -0.0488. The van der Waals surface area contributed by atoms with E-state index >= 15 is 0 Å². The molecule has 0 saturated heterocycles. The first-order valence-electron chi connectivity index (χ1n) is 6.42. The van der Waals surface area contributed by atoms with Crippen LogP contribution >= 0.6 is 0 Å². The molecule has 0 radical (unpaired) electrons. The van der Waals surface area contributed by atoms with Crippen molar-refractivity contribution < 1.29 is 26.7 Å². The molecule has 3 nitrogen and oxygen atoms in total. The summed E-state index contributed by atoms with van der Waals surface area (Å²) in [4.78, 5) is 11.6. The zero-order valence-corrected chi connectivity index (χ0v) is 11.5. The van der Waals surface area contributed by atoms with Crippen molar-refractivity contribution in [2.75, 3.05) is 5.32 Å². The number of nitrogens with one attached hydrogen (secondary N) is 2. The summed E-state index contributed by atoms with van der Waals surface area (Å²) >= 11 is 0. The number of hydrogen-bond donors (Lipinski definition) is 2. The first-order chi connectivity index (χ1) is 10.8. The fraction of sp³-hybridized carbons (Fsp3) is 0.133. The Morgan fingerprint density at radius 1 is 1.00 bits per heavy atom. The number of alkyl halides is 3. The molecule has 0 aliphatic rings. The lowest BCUT2D eigenvalue weighted by atomic mass is 10.1. The lowest BCUT2D eigenvalue weighted by Gasteiger charge is -2.10. The molecule has 8 heteroatoms. The second-order valence-corrected chi connectivity index (χ2v) is 4.63. The summed E-state index contributed by atoms with van der Waals surface area (Å²) in [5.41, 5.74) is -0.567. The predicted molar refractivity (Wildman–Crippen MR) is 73.7 cm³/mol. The van der Waals surface area contributed by atoms with E-state index < -0.39 is 29.4 Å². The van der Waals surface area contributed by atoms with E-state index in [9.17, 15) is 26.7 Å². The minimum atomic E-state index is -4.43. The smallest absolute Gasteiger partial charge is 0.334 e. The Hall–Kier alpha value is -2.64. The minimum Gasteiger partial charge on any atom is -0.334 e. The van der Waals surface area contributed by atoms with Crippen LogP contribution in [0.5, 0.6) is 0 Å². The average Bonchev–Trinajstić information content (AvgIpc) is 2.47. The van der Waals surface area contributed by atoms with Crippen LogP contribution < -0.4 is 10.6 Å². The molecule has 0 heterocycles. The molecular weight excluding hydrogens is 319 g/mol. The highest BCUT2D eigenvalue weighted by atomic mass is 19.4. The van der Waals surface area contributed by atoms with Crippen molar-refractivity contribution in [3.05, 3.63) is 65.2 Å². The van der Waals surface area contributed by atoms with Gasteiger partial charge in [-0.15, -0.1) is 0 Å². The number of rotatable bonds is 3.